The highest BCUT2D eigenvalue weighted by Gasteiger charge is 2.38. The SMILES string of the molecule is CC1CCCC(C)N1Cc1ccc(N=C(c2ccccc2)c2c(O)[nH]c3cc(C(N)=O)ccc23)cc1.O=C(O)C(F)(F)F. The molecule has 226 valence electrons. The van der Waals surface area contributed by atoms with Gasteiger partial charge in [0.15, 0.2) is 5.88 Å². The zero-order valence-electron chi connectivity index (χ0n) is 23.7. The Labute approximate surface area is 246 Å². The third-order valence-electron chi connectivity index (χ3n) is 7.51. The summed E-state index contributed by atoms with van der Waals surface area (Å²) in [6, 6.07) is 24.5. The number of likely N-dealkylation sites (tertiary alicyclic amines) is 1. The van der Waals surface area contributed by atoms with Gasteiger partial charge in [0.05, 0.1) is 17.0 Å². The number of carboxylic acid groups (broad SMARTS) is 1. The number of aromatic amines is 1. The van der Waals surface area contributed by atoms with E-state index < -0.39 is 18.1 Å². The highest BCUT2D eigenvalue weighted by Crippen LogP contribution is 2.32. The number of aliphatic imine (C=N–C) groups is 1. The molecule has 8 nitrogen and oxygen atoms in total. The molecule has 1 amide bonds. The van der Waals surface area contributed by atoms with Gasteiger partial charge < -0.3 is 20.9 Å². The number of carbonyl (C=O) groups is 2. The second kappa shape index (κ2) is 13.1. The number of carbonyl (C=O) groups excluding carboxylic acids is 1. The summed E-state index contributed by atoms with van der Waals surface area (Å²) in [5.74, 6) is -3.27. The lowest BCUT2D eigenvalue weighted by molar-refractivity contribution is -0.192. The fourth-order valence-electron chi connectivity index (χ4n) is 5.24. The van der Waals surface area contributed by atoms with Crippen molar-refractivity contribution in [3.05, 3.63) is 95.1 Å². The number of rotatable bonds is 6. The molecule has 4 aromatic rings. The van der Waals surface area contributed by atoms with Gasteiger partial charge in [0.2, 0.25) is 5.91 Å². The Morgan fingerprint density at radius 1 is 0.977 bits per heavy atom. The van der Waals surface area contributed by atoms with Crippen molar-refractivity contribution in [2.75, 3.05) is 0 Å². The summed E-state index contributed by atoms with van der Waals surface area (Å²) in [5.41, 5.74) is 10.6. The minimum atomic E-state index is -5.08. The molecule has 2 unspecified atom stereocenters. The van der Waals surface area contributed by atoms with E-state index in [0.29, 0.717) is 34.4 Å². The maximum absolute atomic E-state index is 11.6. The van der Waals surface area contributed by atoms with Gasteiger partial charge in [-0.1, -0.05) is 55.0 Å². The molecule has 2 atom stereocenters. The number of carboxylic acids is 1. The molecule has 2 heterocycles. The molecule has 5 N–H and O–H groups in total. The third-order valence-corrected chi connectivity index (χ3v) is 7.51. The average Bonchev–Trinajstić information content (AvgIpc) is 3.29. The Morgan fingerprint density at radius 2 is 1.58 bits per heavy atom. The molecule has 5 rings (SSSR count). The molecule has 3 aromatic carbocycles. The third kappa shape index (κ3) is 7.61. The number of amides is 1. The Morgan fingerprint density at radius 3 is 2.14 bits per heavy atom. The van der Waals surface area contributed by atoms with Gasteiger partial charge in [0.1, 0.15) is 0 Å². The van der Waals surface area contributed by atoms with Gasteiger partial charge in [-0.05, 0) is 56.5 Å². The number of piperidine rings is 1. The molecule has 43 heavy (non-hydrogen) atoms. The monoisotopic (exact) mass is 594 g/mol. The first-order chi connectivity index (χ1) is 20.3. The molecule has 0 bridgehead atoms. The van der Waals surface area contributed by atoms with Gasteiger partial charge in [-0.2, -0.15) is 13.2 Å². The molecule has 0 aliphatic carbocycles. The normalized spacial score (nSPS) is 17.7. The molecule has 11 heteroatoms. The number of nitrogens with two attached hydrogens (primary N) is 1. The summed E-state index contributed by atoms with van der Waals surface area (Å²) in [7, 11) is 0. The number of aromatic hydroxyl groups is 1. The van der Waals surface area contributed by atoms with Crippen LogP contribution in [0.2, 0.25) is 0 Å². The number of hydrogen-bond acceptors (Lipinski definition) is 5. The predicted molar refractivity (Wildman–Crippen MR) is 159 cm³/mol. The smallest absolute Gasteiger partial charge is 0.490 e. The van der Waals surface area contributed by atoms with Crippen LogP contribution in [0.25, 0.3) is 10.9 Å². The molecule has 1 aliphatic rings. The quantitative estimate of drug-likeness (QED) is 0.188. The van der Waals surface area contributed by atoms with Gasteiger partial charge in [0, 0.05) is 40.7 Å². The minimum Gasteiger partial charge on any atom is -0.494 e. The lowest BCUT2D eigenvalue weighted by Crippen LogP contribution is -2.42. The van der Waals surface area contributed by atoms with Gasteiger partial charge in [0.25, 0.3) is 0 Å². The van der Waals surface area contributed by atoms with Gasteiger partial charge >= 0.3 is 12.1 Å². The number of alkyl halides is 3. The highest BCUT2D eigenvalue weighted by molar-refractivity contribution is 6.22. The number of hydrogen-bond donors (Lipinski definition) is 4. The molecule has 0 radical (unpaired) electrons. The summed E-state index contributed by atoms with van der Waals surface area (Å²) in [4.78, 5) is 31.1. The van der Waals surface area contributed by atoms with Crippen molar-refractivity contribution in [2.45, 2.75) is 57.9 Å². The van der Waals surface area contributed by atoms with Crippen LogP contribution in [0.4, 0.5) is 18.9 Å². The number of nitrogens with zero attached hydrogens (tertiary/aromatic N) is 2. The van der Waals surface area contributed by atoms with E-state index in [-0.39, 0.29) is 5.88 Å². The number of primary amides is 1. The summed E-state index contributed by atoms with van der Waals surface area (Å²) >= 11 is 0. The minimum absolute atomic E-state index is 0.00100. The molecule has 0 saturated carbocycles. The number of H-pyrrole nitrogens is 1. The van der Waals surface area contributed by atoms with Crippen LogP contribution >= 0.6 is 0 Å². The van der Waals surface area contributed by atoms with Crippen molar-refractivity contribution in [1.82, 2.24) is 9.88 Å². The van der Waals surface area contributed by atoms with Crippen molar-refractivity contribution in [1.29, 1.82) is 0 Å². The van der Waals surface area contributed by atoms with Crippen molar-refractivity contribution < 1.29 is 33.0 Å². The number of fused-ring (bicyclic) bond motifs is 1. The first kappa shape index (κ1) is 31.3. The van der Waals surface area contributed by atoms with Crippen molar-refractivity contribution in [3.63, 3.8) is 0 Å². The number of aromatic nitrogens is 1. The number of nitrogens with one attached hydrogen (secondary N) is 1. The fourth-order valence-corrected chi connectivity index (χ4v) is 5.24. The fraction of sp³-hybridized carbons (Fsp3) is 0.281. The average molecular weight is 595 g/mol. The van der Waals surface area contributed by atoms with E-state index >= 15 is 0 Å². The number of benzene rings is 3. The number of halogens is 3. The topological polar surface area (TPSA) is 132 Å². The largest absolute Gasteiger partial charge is 0.494 e. The van der Waals surface area contributed by atoms with Crippen LogP contribution in [0, 0.1) is 0 Å². The molecule has 1 fully saturated rings. The van der Waals surface area contributed by atoms with E-state index in [0.717, 1.165) is 23.2 Å². The van der Waals surface area contributed by atoms with E-state index in [9.17, 15) is 23.1 Å². The van der Waals surface area contributed by atoms with Crippen LogP contribution in [0.5, 0.6) is 5.88 Å². The van der Waals surface area contributed by atoms with Crippen molar-refractivity contribution >= 4 is 34.2 Å². The second-order valence-corrected chi connectivity index (χ2v) is 10.6. The predicted octanol–water partition coefficient (Wildman–Crippen LogP) is 6.54. The first-order valence-corrected chi connectivity index (χ1v) is 13.8. The van der Waals surface area contributed by atoms with Gasteiger partial charge in [-0.3, -0.25) is 9.69 Å². The standard InChI is InChI=1S/C30H32N4O2.C2HF3O2/c1-19-7-6-8-20(2)34(19)18-21-11-14-24(15-12-21)32-28(22-9-4-3-5-10-22)27-25-16-13-23(29(31)35)17-26(25)33-30(27)36;3-2(4,5)1(6)7/h3-5,9-17,19-20,33,36H,6-8,18H2,1-2H3,(H2,31,35);(H,6,7). The van der Waals surface area contributed by atoms with Gasteiger partial charge in [-0.15, -0.1) is 0 Å². The Balaban J connectivity index is 0.000000541. The van der Waals surface area contributed by atoms with Crippen LogP contribution in [0.1, 0.15) is 60.2 Å². The first-order valence-electron chi connectivity index (χ1n) is 13.8. The Kier molecular flexibility index (Phi) is 9.55. The van der Waals surface area contributed by atoms with Gasteiger partial charge in [-0.25, -0.2) is 9.79 Å². The molecule has 1 aliphatic heterocycles. The maximum Gasteiger partial charge on any atom is 0.490 e. The summed E-state index contributed by atoms with van der Waals surface area (Å²) < 4.78 is 31.7. The summed E-state index contributed by atoms with van der Waals surface area (Å²) in [6.07, 6.45) is -1.27. The second-order valence-electron chi connectivity index (χ2n) is 10.6. The van der Waals surface area contributed by atoms with E-state index in [1.807, 2.05) is 42.5 Å². The van der Waals surface area contributed by atoms with Crippen LogP contribution in [-0.4, -0.2) is 55.9 Å². The van der Waals surface area contributed by atoms with Crippen molar-refractivity contribution in [3.8, 4) is 5.88 Å². The van der Waals surface area contributed by atoms with E-state index in [4.69, 9.17) is 20.6 Å². The molecular formula is C32H33F3N4O4. The Bertz CT molecular complexity index is 1610. The number of aliphatic carboxylic acids is 1. The molecule has 0 spiro atoms. The van der Waals surface area contributed by atoms with Crippen molar-refractivity contribution in [2.24, 2.45) is 10.7 Å². The van der Waals surface area contributed by atoms with E-state index in [2.05, 4.69) is 35.9 Å². The van der Waals surface area contributed by atoms with Crippen LogP contribution in [-0.2, 0) is 11.3 Å². The molecular weight excluding hydrogens is 561 g/mol. The molecule has 1 saturated heterocycles. The highest BCUT2D eigenvalue weighted by atomic mass is 19.4. The zero-order chi connectivity index (χ0) is 31.3. The van der Waals surface area contributed by atoms with E-state index in [1.165, 1.54) is 24.8 Å². The zero-order valence-corrected chi connectivity index (χ0v) is 23.7. The van der Waals surface area contributed by atoms with Crippen LogP contribution in [0.3, 0.4) is 0 Å². The van der Waals surface area contributed by atoms with E-state index in [1.54, 1.807) is 18.2 Å². The Hall–Kier alpha value is -4.64. The lowest BCUT2D eigenvalue weighted by Gasteiger charge is -2.39. The van der Waals surface area contributed by atoms with Crippen LogP contribution < -0.4 is 5.73 Å². The maximum atomic E-state index is 11.6. The van der Waals surface area contributed by atoms with Crippen LogP contribution in [0.15, 0.2) is 77.8 Å². The summed E-state index contributed by atoms with van der Waals surface area (Å²) in [5, 5.41) is 18.8. The summed E-state index contributed by atoms with van der Waals surface area (Å²) in [6.45, 7) is 5.57. The lowest BCUT2D eigenvalue weighted by atomic mass is 9.96. The molecule has 1 aromatic heterocycles.